The predicted octanol–water partition coefficient (Wildman–Crippen LogP) is 12.2. The highest BCUT2D eigenvalue weighted by molar-refractivity contribution is 6.15. The lowest BCUT2D eigenvalue weighted by atomic mass is 9.97. The molecule has 0 aliphatic heterocycles. The monoisotopic (exact) mass is 635 g/mol. The van der Waals surface area contributed by atoms with Gasteiger partial charge in [-0.1, -0.05) is 103 Å². The molecule has 2 heterocycles. The maximum atomic E-state index is 9.71. The average molecular weight is 636 g/mol. The van der Waals surface area contributed by atoms with Crippen molar-refractivity contribution < 1.29 is 0 Å². The maximum absolute atomic E-state index is 9.71. The Morgan fingerprint density at radius 2 is 1.08 bits per heavy atom. The second-order valence-corrected chi connectivity index (χ2v) is 12.3. The normalized spacial score (nSPS) is 11.1. The van der Waals surface area contributed by atoms with E-state index in [1.807, 2.05) is 47.0 Å². The minimum atomic E-state index is 0.476. The summed E-state index contributed by atoms with van der Waals surface area (Å²) in [6, 6.07) is 53.4. The zero-order chi connectivity index (χ0) is 33.8. The van der Waals surface area contributed by atoms with Gasteiger partial charge in [0, 0.05) is 21.8 Å². The van der Waals surface area contributed by atoms with Crippen LogP contribution in [0.25, 0.3) is 86.9 Å². The second kappa shape index (κ2) is 11.4. The van der Waals surface area contributed by atoms with Gasteiger partial charge in [0.05, 0.1) is 52.5 Å². The molecule has 0 N–H and O–H groups in total. The first kappa shape index (κ1) is 28.8. The van der Waals surface area contributed by atoms with Crippen LogP contribution in [0.3, 0.4) is 0 Å². The SMILES string of the molecule is [C-]#[N+]c1cccc(-c2cccc(-c3cccc(-n4c5ccccc5c5ccccc54)c3)c2)c1-n1c2ccc(C#N)cc2c2cccc([N+]#[C-])c21. The van der Waals surface area contributed by atoms with Crippen LogP contribution in [0.2, 0.25) is 0 Å². The smallest absolute Gasteiger partial charge is 0.211 e. The summed E-state index contributed by atoms with van der Waals surface area (Å²) in [6.45, 7) is 16.2. The van der Waals surface area contributed by atoms with E-state index >= 15 is 0 Å². The highest BCUT2D eigenvalue weighted by Gasteiger charge is 2.21. The molecule has 0 radical (unpaired) electrons. The number of fused-ring (bicyclic) bond motifs is 6. The van der Waals surface area contributed by atoms with Crippen molar-refractivity contribution in [2.24, 2.45) is 0 Å². The molecule has 50 heavy (non-hydrogen) atoms. The van der Waals surface area contributed by atoms with Crippen LogP contribution in [-0.4, -0.2) is 9.13 Å². The van der Waals surface area contributed by atoms with Crippen molar-refractivity contribution in [2.75, 3.05) is 0 Å². The van der Waals surface area contributed by atoms with Crippen molar-refractivity contribution in [3.63, 3.8) is 0 Å². The summed E-state index contributed by atoms with van der Waals surface area (Å²) in [6.07, 6.45) is 0. The Hall–Kier alpha value is -7.39. The highest BCUT2D eigenvalue weighted by atomic mass is 15.0. The Labute approximate surface area is 288 Å². The molecule has 5 heteroatoms. The van der Waals surface area contributed by atoms with Gasteiger partial charge in [0.2, 0.25) is 11.4 Å². The molecule has 0 atom stereocenters. The summed E-state index contributed by atoms with van der Waals surface area (Å²) in [5, 5.41) is 13.9. The molecule has 0 amide bonds. The number of nitrogens with zero attached hydrogens (tertiary/aromatic N) is 5. The number of nitriles is 1. The zero-order valence-corrected chi connectivity index (χ0v) is 26.7. The number of hydrogen-bond donors (Lipinski definition) is 0. The lowest BCUT2D eigenvalue weighted by molar-refractivity contribution is 1.18. The lowest BCUT2D eigenvalue weighted by Gasteiger charge is -2.17. The first-order valence-electron chi connectivity index (χ1n) is 16.2. The summed E-state index contributed by atoms with van der Waals surface area (Å²) in [5.41, 5.74) is 11.1. The average Bonchev–Trinajstić information content (AvgIpc) is 3.70. The molecule has 9 aromatic rings. The van der Waals surface area contributed by atoms with Crippen LogP contribution in [0.15, 0.2) is 152 Å². The van der Waals surface area contributed by atoms with E-state index in [9.17, 15) is 5.26 Å². The van der Waals surface area contributed by atoms with E-state index in [0.29, 0.717) is 22.6 Å². The van der Waals surface area contributed by atoms with Gasteiger partial charge in [0.15, 0.2) is 0 Å². The van der Waals surface area contributed by atoms with Crippen molar-refractivity contribution >= 4 is 55.0 Å². The molecule has 0 fully saturated rings. The number of rotatable bonds is 4. The topological polar surface area (TPSA) is 42.4 Å². The molecular formula is C45H25N5. The van der Waals surface area contributed by atoms with Crippen LogP contribution in [0, 0.1) is 24.5 Å². The quantitative estimate of drug-likeness (QED) is 0.177. The Kier molecular flexibility index (Phi) is 6.56. The molecule has 0 unspecified atom stereocenters. The van der Waals surface area contributed by atoms with E-state index < -0.39 is 0 Å². The van der Waals surface area contributed by atoms with Gasteiger partial charge in [-0.15, -0.1) is 0 Å². The second-order valence-electron chi connectivity index (χ2n) is 12.3. The van der Waals surface area contributed by atoms with Crippen LogP contribution in [-0.2, 0) is 0 Å². The molecule has 9 rings (SSSR count). The molecular weight excluding hydrogens is 611 g/mol. The Balaban J connectivity index is 1.25. The van der Waals surface area contributed by atoms with Crippen LogP contribution in [0.4, 0.5) is 11.4 Å². The summed E-state index contributed by atoms with van der Waals surface area (Å²) in [4.78, 5) is 7.87. The Morgan fingerprint density at radius 1 is 0.480 bits per heavy atom. The van der Waals surface area contributed by atoms with E-state index in [1.54, 1.807) is 12.1 Å². The van der Waals surface area contributed by atoms with Crippen molar-refractivity contribution in [1.82, 2.24) is 9.13 Å². The third kappa shape index (κ3) is 4.31. The Morgan fingerprint density at radius 3 is 1.82 bits per heavy atom. The summed E-state index contributed by atoms with van der Waals surface area (Å²) >= 11 is 0. The standard InChI is InChI=1S/C45H25N5/c1-47-39-19-9-17-34(44(39)50-43-24-23-29(28-46)25-38(43)37-18-10-20-40(48-2)45(37)50)32-13-7-11-30(26-32)31-12-8-14-33(27-31)49-41-21-5-3-15-35(41)36-16-4-6-22-42(36)49/h3-27H. The molecule has 0 bridgehead atoms. The van der Waals surface area contributed by atoms with Crippen molar-refractivity contribution in [3.05, 3.63) is 180 Å². The first-order chi connectivity index (χ1) is 24.7. The third-order valence-electron chi connectivity index (χ3n) is 9.57. The molecule has 2 aromatic heterocycles. The van der Waals surface area contributed by atoms with Crippen molar-refractivity contribution in [2.45, 2.75) is 0 Å². The maximum Gasteiger partial charge on any atom is 0.211 e. The van der Waals surface area contributed by atoms with Crippen LogP contribution < -0.4 is 0 Å². The van der Waals surface area contributed by atoms with Gasteiger partial charge < -0.3 is 9.13 Å². The fraction of sp³-hybridized carbons (Fsp3) is 0. The fourth-order valence-electron chi connectivity index (χ4n) is 7.42. The number of para-hydroxylation sites is 4. The molecule has 5 nitrogen and oxygen atoms in total. The largest absolute Gasteiger partial charge is 0.328 e. The van der Waals surface area contributed by atoms with Crippen LogP contribution in [0.5, 0.6) is 0 Å². The summed E-state index contributed by atoms with van der Waals surface area (Å²) in [5.74, 6) is 0. The predicted molar refractivity (Wildman–Crippen MR) is 203 cm³/mol. The van der Waals surface area contributed by atoms with Gasteiger partial charge in [-0.05, 0) is 76.2 Å². The van der Waals surface area contributed by atoms with E-state index in [1.165, 1.54) is 10.8 Å². The number of aromatic nitrogens is 2. The van der Waals surface area contributed by atoms with Gasteiger partial charge in [-0.25, -0.2) is 9.69 Å². The van der Waals surface area contributed by atoms with Gasteiger partial charge >= 0.3 is 0 Å². The Bertz CT molecular complexity index is 2920. The van der Waals surface area contributed by atoms with Gasteiger partial charge in [-0.2, -0.15) is 5.26 Å². The highest BCUT2D eigenvalue weighted by Crippen LogP contribution is 2.44. The molecule has 7 aromatic carbocycles. The van der Waals surface area contributed by atoms with Gasteiger partial charge in [0.25, 0.3) is 0 Å². The minimum absolute atomic E-state index is 0.476. The molecule has 0 aliphatic rings. The summed E-state index contributed by atoms with van der Waals surface area (Å²) in [7, 11) is 0. The third-order valence-corrected chi connectivity index (χ3v) is 9.57. The van der Waals surface area contributed by atoms with E-state index in [2.05, 4.69) is 117 Å². The van der Waals surface area contributed by atoms with Crippen molar-refractivity contribution in [1.29, 1.82) is 5.26 Å². The van der Waals surface area contributed by atoms with Gasteiger partial charge in [0.1, 0.15) is 0 Å². The molecule has 0 saturated heterocycles. The summed E-state index contributed by atoms with van der Waals surface area (Å²) < 4.78 is 4.36. The molecule has 0 spiro atoms. The number of benzene rings is 7. The van der Waals surface area contributed by atoms with E-state index in [0.717, 1.165) is 60.8 Å². The lowest BCUT2D eigenvalue weighted by Crippen LogP contribution is -1.98. The molecule has 0 aliphatic carbocycles. The van der Waals surface area contributed by atoms with Gasteiger partial charge in [-0.3, -0.25) is 0 Å². The minimum Gasteiger partial charge on any atom is -0.328 e. The van der Waals surface area contributed by atoms with E-state index in [-0.39, 0.29) is 0 Å². The van der Waals surface area contributed by atoms with Crippen LogP contribution in [0.1, 0.15) is 5.56 Å². The van der Waals surface area contributed by atoms with E-state index in [4.69, 9.17) is 13.1 Å². The van der Waals surface area contributed by atoms with Crippen molar-refractivity contribution in [3.8, 4) is 39.7 Å². The molecule has 0 saturated carbocycles. The number of hydrogen-bond acceptors (Lipinski definition) is 1. The first-order valence-corrected chi connectivity index (χ1v) is 16.2. The fourth-order valence-corrected chi connectivity index (χ4v) is 7.42. The zero-order valence-electron chi connectivity index (χ0n) is 26.7. The molecule has 230 valence electrons. The van der Waals surface area contributed by atoms with Crippen LogP contribution >= 0.6 is 0 Å².